The highest BCUT2D eigenvalue weighted by Crippen LogP contribution is 2.33. The van der Waals surface area contributed by atoms with Crippen LogP contribution >= 0.6 is 0 Å². The molecule has 3 aromatic rings. The van der Waals surface area contributed by atoms with Gasteiger partial charge in [-0.05, 0) is 42.8 Å². The van der Waals surface area contributed by atoms with E-state index in [2.05, 4.69) is 0 Å². The predicted molar refractivity (Wildman–Crippen MR) is 95.0 cm³/mol. The van der Waals surface area contributed by atoms with Crippen molar-refractivity contribution < 1.29 is 16.8 Å². The third kappa shape index (κ3) is 3.10. The highest BCUT2D eigenvalue weighted by molar-refractivity contribution is 7.94. The lowest BCUT2D eigenvalue weighted by atomic mass is 10.2. The Morgan fingerprint density at radius 3 is 1.56 bits per heavy atom. The third-order valence-corrected chi connectivity index (χ3v) is 7.75. The van der Waals surface area contributed by atoms with E-state index in [0.717, 1.165) is 0 Å². The molecule has 0 saturated heterocycles. The second kappa shape index (κ2) is 6.46. The molecule has 0 atom stereocenters. The summed E-state index contributed by atoms with van der Waals surface area (Å²) in [5.74, 6) is 0. The molecule has 0 N–H and O–H groups in total. The van der Waals surface area contributed by atoms with Gasteiger partial charge in [-0.25, -0.2) is 16.8 Å². The van der Waals surface area contributed by atoms with Crippen LogP contribution in [-0.4, -0.2) is 16.8 Å². The number of rotatable bonds is 4. The molecule has 0 heterocycles. The van der Waals surface area contributed by atoms with Gasteiger partial charge in [0.05, 0.1) is 19.6 Å². The number of benzene rings is 3. The van der Waals surface area contributed by atoms with Gasteiger partial charge in [0.15, 0.2) is 0 Å². The molecule has 0 unspecified atom stereocenters. The first-order chi connectivity index (χ1) is 11.8. The topological polar surface area (TPSA) is 68.3 Å². The molecule has 25 heavy (non-hydrogen) atoms. The van der Waals surface area contributed by atoms with Crippen LogP contribution in [0.5, 0.6) is 0 Å². The van der Waals surface area contributed by atoms with Crippen molar-refractivity contribution in [2.24, 2.45) is 0 Å². The Balaban J connectivity index is 2.31. The van der Waals surface area contributed by atoms with Gasteiger partial charge in [-0.2, -0.15) is 0 Å². The second-order valence-corrected chi connectivity index (χ2v) is 9.34. The van der Waals surface area contributed by atoms with Gasteiger partial charge < -0.3 is 0 Å². The van der Waals surface area contributed by atoms with Crippen molar-refractivity contribution in [3.8, 4) is 0 Å². The van der Waals surface area contributed by atoms with E-state index in [0.29, 0.717) is 5.56 Å². The largest absolute Gasteiger partial charge is 0.218 e. The van der Waals surface area contributed by atoms with E-state index < -0.39 is 19.7 Å². The van der Waals surface area contributed by atoms with Gasteiger partial charge in [0, 0.05) is 0 Å². The Bertz CT molecular complexity index is 1100. The number of hydrogen-bond donors (Lipinski definition) is 0. The molecule has 0 amide bonds. The first kappa shape index (κ1) is 17.4. The Morgan fingerprint density at radius 1 is 0.560 bits per heavy atom. The molecule has 128 valence electrons. The van der Waals surface area contributed by atoms with Crippen LogP contribution in [0.1, 0.15) is 5.56 Å². The van der Waals surface area contributed by atoms with Crippen molar-refractivity contribution in [3.63, 3.8) is 0 Å². The maximum Gasteiger partial charge on any atom is 0.208 e. The van der Waals surface area contributed by atoms with E-state index in [1.165, 1.54) is 30.3 Å². The van der Waals surface area contributed by atoms with Crippen LogP contribution in [0.15, 0.2) is 98.4 Å². The fraction of sp³-hybridized carbons (Fsp3) is 0.0526. The summed E-state index contributed by atoms with van der Waals surface area (Å²) in [6, 6.07) is 20.2. The normalized spacial score (nSPS) is 12.0. The summed E-state index contributed by atoms with van der Waals surface area (Å²) < 4.78 is 52.2. The number of aryl methyl sites for hydroxylation is 1. The molecule has 4 nitrogen and oxygen atoms in total. The molecule has 0 aromatic heterocycles. The van der Waals surface area contributed by atoms with E-state index >= 15 is 0 Å². The minimum absolute atomic E-state index is 0.0603. The quantitative estimate of drug-likeness (QED) is 0.701. The standard InChI is InChI=1S/C19H16O4S2/c1-15-9-8-14-18(24(20,21)16-10-4-2-5-11-16)19(15)25(22,23)17-12-6-3-7-13-17/h2-14H,1H3. The SMILES string of the molecule is Cc1cccc(S(=O)(=O)c2ccccc2)c1S(=O)(=O)c1ccccc1. The number of hydrogen-bond acceptors (Lipinski definition) is 4. The minimum Gasteiger partial charge on any atom is -0.218 e. The fourth-order valence-corrected chi connectivity index (χ4v) is 6.29. The third-order valence-electron chi connectivity index (χ3n) is 3.84. The molecule has 0 bridgehead atoms. The summed E-state index contributed by atoms with van der Waals surface area (Å²) in [5.41, 5.74) is 0.390. The van der Waals surface area contributed by atoms with Crippen molar-refractivity contribution in [1.82, 2.24) is 0 Å². The summed E-state index contributed by atoms with van der Waals surface area (Å²) in [6.07, 6.45) is 0. The maximum atomic E-state index is 13.1. The van der Waals surface area contributed by atoms with Crippen LogP contribution in [0.3, 0.4) is 0 Å². The molecule has 3 rings (SSSR count). The molecule has 3 aromatic carbocycles. The molecule has 0 aliphatic carbocycles. The lowest BCUT2D eigenvalue weighted by molar-refractivity contribution is 0.582. The second-order valence-electron chi connectivity index (χ2n) is 5.54. The maximum absolute atomic E-state index is 13.1. The van der Waals surface area contributed by atoms with Gasteiger partial charge in [0.25, 0.3) is 0 Å². The zero-order valence-corrected chi connectivity index (χ0v) is 15.1. The predicted octanol–water partition coefficient (Wildman–Crippen LogP) is 3.66. The van der Waals surface area contributed by atoms with E-state index in [4.69, 9.17) is 0 Å². The molecule has 0 spiro atoms. The lowest BCUT2D eigenvalue weighted by Crippen LogP contribution is -2.12. The molecule has 6 heteroatoms. The minimum atomic E-state index is -3.97. The van der Waals surface area contributed by atoms with E-state index in [-0.39, 0.29) is 19.6 Å². The molecule has 0 saturated carbocycles. The molecule has 0 aliphatic heterocycles. The van der Waals surface area contributed by atoms with Gasteiger partial charge in [-0.15, -0.1) is 0 Å². The molecule has 0 aliphatic rings. The summed E-state index contributed by atoms with van der Waals surface area (Å²) >= 11 is 0. The average molecular weight is 372 g/mol. The van der Waals surface area contributed by atoms with Crippen molar-refractivity contribution >= 4 is 19.7 Å². The van der Waals surface area contributed by atoms with Crippen LogP contribution in [0.4, 0.5) is 0 Å². The summed E-state index contributed by atoms with van der Waals surface area (Å²) in [6.45, 7) is 1.60. The van der Waals surface area contributed by atoms with Crippen molar-refractivity contribution in [1.29, 1.82) is 0 Å². The number of sulfone groups is 2. The van der Waals surface area contributed by atoms with Crippen LogP contribution in [-0.2, 0) is 19.7 Å². The van der Waals surface area contributed by atoms with Crippen LogP contribution in [0.2, 0.25) is 0 Å². The van der Waals surface area contributed by atoms with Gasteiger partial charge >= 0.3 is 0 Å². The first-order valence-electron chi connectivity index (χ1n) is 7.55. The summed E-state index contributed by atoms with van der Waals surface area (Å²) in [7, 11) is -7.93. The van der Waals surface area contributed by atoms with Gasteiger partial charge in [-0.1, -0.05) is 48.5 Å². The van der Waals surface area contributed by atoms with Crippen LogP contribution in [0, 0.1) is 6.92 Å². The molecular weight excluding hydrogens is 356 g/mol. The van der Waals surface area contributed by atoms with Crippen molar-refractivity contribution in [2.75, 3.05) is 0 Å². The average Bonchev–Trinajstić information content (AvgIpc) is 2.63. The molecule has 0 fully saturated rings. The molecular formula is C19H16O4S2. The van der Waals surface area contributed by atoms with Gasteiger partial charge in [-0.3, -0.25) is 0 Å². The molecule has 0 radical (unpaired) electrons. The summed E-state index contributed by atoms with van der Waals surface area (Å²) in [5, 5.41) is 0. The fourth-order valence-electron chi connectivity index (χ4n) is 2.63. The Morgan fingerprint density at radius 2 is 1.04 bits per heavy atom. The van der Waals surface area contributed by atoms with Gasteiger partial charge in [0.1, 0.15) is 0 Å². The van der Waals surface area contributed by atoms with Gasteiger partial charge in [0.2, 0.25) is 19.7 Å². The van der Waals surface area contributed by atoms with Crippen molar-refractivity contribution in [2.45, 2.75) is 26.5 Å². The lowest BCUT2D eigenvalue weighted by Gasteiger charge is -2.14. The Hall–Kier alpha value is -2.44. The monoisotopic (exact) mass is 372 g/mol. The smallest absolute Gasteiger partial charge is 0.208 e. The van der Waals surface area contributed by atoms with Crippen LogP contribution < -0.4 is 0 Å². The highest BCUT2D eigenvalue weighted by atomic mass is 32.2. The van der Waals surface area contributed by atoms with E-state index in [9.17, 15) is 16.8 Å². The highest BCUT2D eigenvalue weighted by Gasteiger charge is 2.30. The zero-order chi connectivity index (χ0) is 18.1. The Labute approximate surface area is 147 Å². The van der Waals surface area contributed by atoms with E-state index in [1.54, 1.807) is 55.5 Å². The first-order valence-corrected chi connectivity index (χ1v) is 10.5. The zero-order valence-electron chi connectivity index (χ0n) is 13.5. The van der Waals surface area contributed by atoms with E-state index in [1.807, 2.05) is 0 Å². The van der Waals surface area contributed by atoms with Crippen molar-refractivity contribution in [3.05, 3.63) is 84.4 Å². The van der Waals surface area contributed by atoms with Crippen LogP contribution in [0.25, 0.3) is 0 Å². The Kier molecular flexibility index (Phi) is 4.49. The summed E-state index contributed by atoms with van der Waals surface area (Å²) in [4.78, 5) is -0.258.